The van der Waals surface area contributed by atoms with Crippen molar-refractivity contribution >= 4 is 21.8 Å². The van der Waals surface area contributed by atoms with Gasteiger partial charge >= 0.3 is 0 Å². The van der Waals surface area contributed by atoms with Crippen LogP contribution >= 0.6 is 15.9 Å². The molecule has 3 N–H and O–H groups in total. The van der Waals surface area contributed by atoms with E-state index in [0.717, 1.165) is 15.6 Å². The molecule has 1 amide bonds. The van der Waals surface area contributed by atoms with Crippen molar-refractivity contribution in [1.82, 2.24) is 5.32 Å². The van der Waals surface area contributed by atoms with Gasteiger partial charge in [0.05, 0.1) is 6.04 Å². The lowest BCUT2D eigenvalue weighted by Gasteiger charge is -2.16. The normalized spacial score (nSPS) is 12.0. The average Bonchev–Trinajstić information content (AvgIpc) is 2.48. The van der Waals surface area contributed by atoms with Crippen LogP contribution < -0.4 is 11.1 Å². The lowest BCUT2D eigenvalue weighted by molar-refractivity contribution is 0.0939. The molecule has 110 valence electrons. The number of carbonyl (C=O) groups is 1. The number of amides is 1. The van der Waals surface area contributed by atoms with Gasteiger partial charge in [0, 0.05) is 10.0 Å². The second kappa shape index (κ2) is 7.38. The minimum Gasteiger partial charge on any atom is -0.346 e. The lowest BCUT2D eigenvalue weighted by Crippen LogP contribution is -2.27. The monoisotopic (exact) mass is 346 g/mol. The third-order valence-electron chi connectivity index (χ3n) is 3.39. The Kier molecular flexibility index (Phi) is 5.53. The molecule has 0 aliphatic carbocycles. The number of nitrogens with one attached hydrogen (secondary N) is 1. The summed E-state index contributed by atoms with van der Waals surface area (Å²) in [5, 5.41) is 3.04. The van der Waals surface area contributed by atoms with Crippen molar-refractivity contribution in [2.45, 2.75) is 19.4 Å². The molecule has 0 bridgehead atoms. The molecule has 4 heteroatoms. The van der Waals surface area contributed by atoms with E-state index in [2.05, 4.69) is 21.2 Å². The first kappa shape index (κ1) is 15.7. The van der Waals surface area contributed by atoms with Gasteiger partial charge in [-0.2, -0.15) is 0 Å². The molecule has 0 saturated heterocycles. The minimum absolute atomic E-state index is 0.0449. The van der Waals surface area contributed by atoms with Crippen molar-refractivity contribution in [2.24, 2.45) is 5.73 Å². The van der Waals surface area contributed by atoms with Gasteiger partial charge in [0.1, 0.15) is 0 Å². The highest BCUT2D eigenvalue weighted by Crippen LogP contribution is 2.18. The molecule has 2 rings (SSSR count). The van der Waals surface area contributed by atoms with Crippen LogP contribution in [0.25, 0.3) is 0 Å². The molecule has 1 unspecified atom stereocenters. The Labute approximate surface area is 133 Å². The summed E-state index contributed by atoms with van der Waals surface area (Å²) in [5.74, 6) is -0.0607. The van der Waals surface area contributed by atoms with Crippen molar-refractivity contribution in [1.29, 1.82) is 0 Å². The van der Waals surface area contributed by atoms with Crippen LogP contribution in [0.4, 0.5) is 0 Å². The van der Waals surface area contributed by atoms with E-state index in [1.165, 1.54) is 0 Å². The topological polar surface area (TPSA) is 55.1 Å². The van der Waals surface area contributed by atoms with Crippen molar-refractivity contribution in [3.05, 3.63) is 69.7 Å². The molecule has 3 nitrogen and oxygen atoms in total. The highest BCUT2D eigenvalue weighted by molar-refractivity contribution is 9.10. The molecule has 0 fully saturated rings. The van der Waals surface area contributed by atoms with Crippen LogP contribution in [0.3, 0.4) is 0 Å². The summed E-state index contributed by atoms with van der Waals surface area (Å²) in [6, 6.07) is 15.5. The van der Waals surface area contributed by atoms with Crippen LogP contribution in [0.1, 0.15) is 34.5 Å². The van der Waals surface area contributed by atoms with Crippen LogP contribution in [0.5, 0.6) is 0 Å². The summed E-state index contributed by atoms with van der Waals surface area (Å²) in [6.45, 7) is 2.51. The van der Waals surface area contributed by atoms with Gasteiger partial charge in [0.25, 0.3) is 5.91 Å². The Balaban J connectivity index is 2.12. The van der Waals surface area contributed by atoms with Crippen LogP contribution in [-0.2, 0) is 6.42 Å². The standard InChI is InChI=1S/C17H19BrN2O/c1-12(13-6-8-15(18)9-7-13)20-17(21)16-5-3-2-4-14(16)10-11-19/h2-9,12H,10-11,19H2,1H3,(H,20,21). The number of carbonyl (C=O) groups excluding carboxylic acids is 1. The zero-order valence-electron chi connectivity index (χ0n) is 12.0. The summed E-state index contributed by atoms with van der Waals surface area (Å²) in [7, 11) is 0. The molecule has 0 aromatic heterocycles. The summed E-state index contributed by atoms with van der Waals surface area (Å²) in [5.41, 5.74) is 8.36. The summed E-state index contributed by atoms with van der Waals surface area (Å²) >= 11 is 3.41. The molecule has 0 aliphatic heterocycles. The predicted octanol–water partition coefficient (Wildman–Crippen LogP) is 3.44. The molecular weight excluding hydrogens is 328 g/mol. The molecule has 2 aromatic rings. The largest absolute Gasteiger partial charge is 0.346 e. The van der Waals surface area contributed by atoms with Crippen LogP contribution in [0, 0.1) is 0 Å². The molecular formula is C17H19BrN2O. The van der Waals surface area contributed by atoms with E-state index in [1.54, 1.807) is 0 Å². The first-order valence-electron chi connectivity index (χ1n) is 6.96. The third kappa shape index (κ3) is 4.16. The molecule has 0 radical (unpaired) electrons. The summed E-state index contributed by atoms with van der Waals surface area (Å²) < 4.78 is 1.03. The van der Waals surface area contributed by atoms with E-state index in [4.69, 9.17) is 5.73 Å². The van der Waals surface area contributed by atoms with Crippen molar-refractivity contribution in [3.8, 4) is 0 Å². The number of rotatable bonds is 5. The number of hydrogen-bond donors (Lipinski definition) is 2. The van der Waals surface area contributed by atoms with Gasteiger partial charge in [-0.25, -0.2) is 0 Å². The van der Waals surface area contributed by atoms with Gasteiger partial charge in [-0.05, 0) is 49.2 Å². The third-order valence-corrected chi connectivity index (χ3v) is 3.92. The van der Waals surface area contributed by atoms with E-state index in [1.807, 2.05) is 55.5 Å². The fourth-order valence-corrected chi connectivity index (χ4v) is 2.49. The smallest absolute Gasteiger partial charge is 0.252 e. The van der Waals surface area contributed by atoms with Gasteiger partial charge < -0.3 is 11.1 Å². The molecule has 1 atom stereocenters. The van der Waals surface area contributed by atoms with Gasteiger partial charge in [0.2, 0.25) is 0 Å². The SMILES string of the molecule is CC(NC(=O)c1ccccc1CCN)c1ccc(Br)cc1. The van der Waals surface area contributed by atoms with Crippen molar-refractivity contribution in [2.75, 3.05) is 6.54 Å². The summed E-state index contributed by atoms with van der Waals surface area (Å²) in [4.78, 5) is 12.4. The Hall–Kier alpha value is -1.65. The first-order chi connectivity index (χ1) is 10.1. The lowest BCUT2D eigenvalue weighted by atomic mass is 10.0. The molecule has 21 heavy (non-hydrogen) atoms. The van der Waals surface area contributed by atoms with Crippen LogP contribution in [-0.4, -0.2) is 12.5 Å². The second-order valence-electron chi connectivity index (χ2n) is 4.94. The quantitative estimate of drug-likeness (QED) is 0.871. The zero-order valence-corrected chi connectivity index (χ0v) is 13.6. The van der Waals surface area contributed by atoms with E-state index in [-0.39, 0.29) is 11.9 Å². The zero-order chi connectivity index (χ0) is 15.2. The van der Waals surface area contributed by atoms with E-state index < -0.39 is 0 Å². The second-order valence-corrected chi connectivity index (χ2v) is 5.86. The maximum atomic E-state index is 12.4. The molecule has 2 aromatic carbocycles. The van der Waals surface area contributed by atoms with E-state index in [9.17, 15) is 4.79 Å². The van der Waals surface area contributed by atoms with E-state index in [0.29, 0.717) is 18.5 Å². The number of hydrogen-bond acceptors (Lipinski definition) is 2. The average molecular weight is 347 g/mol. The highest BCUT2D eigenvalue weighted by atomic mass is 79.9. The maximum Gasteiger partial charge on any atom is 0.252 e. The minimum atomic E-state index is -0.0607. The van der Waals surface area contributed by atoms with Crippen LogP contribution in [0.15, 0.2) is 53.0 Å². The number of halogens is 1. The first-order valence-corrected chi connectivity index (χ1v) is 7.75. The number of nitrogens with two attached hydrogens (primary N) is 1. The van der Waals surface area contributed by atoms with Crippen molar-refractivity contribution in [3.63, 3.8) is 0 Å². The highest BCUT2D eigenvalue weighted by Gasteiger charge is 2.14. The summed E-state index contributed by atoms with van der Waals surface area (Å²) in [6.07, 6.45) is 0.705. The fourth-order valence-electron chi connectivity index (χ4n) is 2.22. The van der Waals surface area contributed by atoms with Gasteiger partial charge in [-0.3, -0.25) is 4.79 Å². The molecule has 0 saturated carbocycles. The Morgan fingerprint density at radius 1 is 1.19 bits per heavy atom. The van der Waals surface area contributed by atoms with Crippen molar-refractivity contribution < 1.29 is 4.79 Å². The van der Waals surface area contributed by atoms with Crippen LogP contribution in [0.2, 0.25) is 0 Å². The van der Waals surface area contributed by atoms with Gasteiger partial charge in [0.15, 0.2) is 0 Å². The Morgan fingerprint density at radius 2 is 1.86 bits per heavy atom. The molecule has 0 aliphatic rings. The maximum absolute atomic E-state index is 12.4. The molecule has 0 heterocycles. The van der Waals surface area contributed by atoms with Gasteiger partial charge in [-0.1, -0.05) is 46.3 Å². The Morgan fingerprint density at radius 3 is 2.52 bits per heavy atom. The number of benzene rings is 2. The van der Waals surface area contributed by atoms with Gasteiger partial charge in [-0.15, -0.1) is 0 Å². The molecule has 0 spiro atoms. The van der Waals surface area contributed by atoms with E-state index >= 15 is 0 Å². The Bertz CT molecular complexity index is 610. The fraction of sp³-hybridized carbons (Fsp3) is 0.235. The predicted molar refractivity (Wildman–Crippen MR) is 89.2 cm³/mol.